The van der Waals surface area contributed by atoms with E-state index in [1.807, 2.05) is 0 Å². The number of halogens is 2. The number of hydrogen-bond donors (Lipinski definition) is 1. The summed E-state index contributed by atoms with van der Waals surface area (Å²) in [6.07, 6.45) is 0.210. The lowest BCUT2D eigenvalue weighted by atomic mass is 10.1. The van der Waals surface area contributed by atoms with Crippen LogP contribution < -0.4 is 0 Å². The SMILES string of the molecule is O=C(O)C1CC1c1cc(F)c(F)cc1[N+](=O)[O-]. The van der Waals surface area contributed by atoms with Crippen LogP contribution in [0.15, 0.2) is 12.1 Å². The second-order valence-corrected chi connectivity index (χ2v) is 3.87. The maximum absolute atomic E-state index is 13.0. The van der Waals surface area contributed by atoms with Crippen molar-refractivity contribution >= 4 is 11.7 Å². The summed E-state index contributed by atoms with van der Waals surface area (Å²) in [6, 6.07) is 1.20. The molecule has 0 heterocycles. The summed E-state index contributed by atoms with van der Waals surface area (Å²) >= 11 is 0. The van der Waals surface area contributed by atoms with E-state index in [0.717, 1.165) is 0 Å². The molecule has 1 N–H and O–H groups in total. The number of hydrogen-bond acceptors (Lipinski definition) is 3. The zero-order valence-electron chi connectivity index (χ0n) is 8.39. The summed E-state index contributed by atoms with van der Waals surface area (Å²) in [7, 11) is 0. The third-order valence-corrected chi connectivity index (χ3v) is 2.77. The van der Waals surface area contributed by atoms with Gasteiger partial charge in [-0.25, -0.2) is 8.78 Å². The standard InChI is InChI=1S/C10H7F2NO4/c11-7-2-5(4-1-6(4)10(14)15)9(13(16)17)3-8(7)12/h2-4,6H,1H2,(H,14,15). The summed E-state index contributed by atoms with van der Waals surface area (Å²) in [4.78, 5) is 20.5. The minimum atomic E-state index is -1.31. The molecule has 0 radical (unpaired) electrons. The van der Waals surface area contributed by atoms with Crippen molar-refractivity contribution in [1.82, 2.24) is 0 Å². The Morgan fingerprint density at radius 2 is 2.00 bits per heavy atom. The van der Waals surface area contributed by atoms with E-state index in [0.29, 0.717) is 12.1 Å². The number of rotatable bonds is 3. The number of carboxylic acids is 1. The normalized spacial score (nSPS) is 22.2. The quantitative estimate of drug-likeness (QED) is 0.650. The van der Waals surface area contributed by atoms with Gasteiger partial charge >= 0.3 is 5.97 Å². The van der Waals surface area contributed by atoms with E-state index in [1.165, 1.54) is 0 Å². The van der Waals surface area contributed by atoms with E-state index >= 15 is 0 Å². The fourth-order valence-corrected chi connectivity index (χ4v) is 1.82. The van der Waals surface area contributed by atoms with Crippen LogP contribution in [0.4, 0.5) is 14.5 Å². The number of nitro groups is 1. The predicted octanol–water partition coefficient (Wildman–Crippen LogP) is 2.06. The van der Waals surface area contributed by atoms with Gasteiger partial charge in [0.1, 0.15) is 0 Å². The lowest BCUT2D eigenvalue weighted by molar-refractivity contribution is -0.385. The highest BCUT2D eigenvalue weighted by Crippen LogP contribution is 2.50. The number of aliphatic carboxylic acids is 1. The maximum atomic E-state index is 13.0. The van der Waals surface area contributed by atoms with Crippen LogP contribution in [0.5, 0.6) is 0 Å². The summed E-state index contributed by atoms with van der Waals surface area (Å²) in [5.41, 5.74) is -0.626. The van der Waals surface area contributed by atoms with Crippen LogP contribution in [-0.2, 0) is 4.79 Å². The molecule has 1 aromatic rings. The van der Waals surface area contributed by atoms with Gasteiger partial charge in [0.2, 0.25) is 0 Å². The lowest BCUT2D eigenvalue weighted by Crippen LogP contribution is -2.02. The topological polar surface area (TPSA) is 80.4 Å². The first-order valence-corrected chi connectivity index (χ1v) is 4.78. The summed E-state index contributed by atoms with van der Waals surface area (Å²) in [5, 5.41) is 19.4. The van der Waals surface area contributed by atoms with Crippen molar-refractivity contribution in [3.05, 3.63) is 39.4 Å². The molecule has 1 aromatic carbocycles. The van der Waals surface area contributed by atoms with Gasteiger partial charge in [-0.1, -0.05) is 0 Å². The van der Waals surface area contributed by atoms with Crippen LogP contribution in [0.3, 0.4) is 0 Å². The van der Waals surface area contributed by atoms with Gasteiger partial charge in [-0.2, -0.15) is 0 Å². The Balaban J connectivity index is 2.43. The van der Waals surface area contributed by atoms with Gasteiger partial charge in [0.15, 0.2) is 11.6 Å². The molecule has 7 heteroatoms. The third kappa shape index (κ3) is 1.95. The van der Waals surface area contributed by atoms with E-state index in [4.69, 9.17) is 5.11 Å². The molecule has 2 unspecified atom stereocenters. The molecule has 1 aliphatic rings. The van der Waals surface area contributed by atoms with Gasteiger partial charge in [0.25, 0.3) is 5.69 Å². The number of nitro benzene ring substituents is 1. The Kier molecular flexibility index (Phi) is 2.53. The Morgan fingerprint density at radius 3 is 2.47 bits per heavy atom. The highest BCUT2D eigenvalue weighted by atomic mass is 19.2. The fourth-order valence-electron chi connectivity index (χ4n) is 1.82. The lowest BCUT2D eigenvalue weighted by Gasteiger charge is -2.02. The van der Waals surface area contributed by atoms with Crippen LogP contribution in [0.1, 0.15) is 17.9 Å². The van der Waals surface area contributed by atoms with Gasteiger partial charge < -0.3 is 5.11 Å². The third-order valence-electron chi connectivity index (χ3n) is 2.77. The van der Waals surface area contributed by atoms with Gasteiger partial charge in [0.05, 0.1) is 16.9 Å². The molecule has 1 saturated carbocycles. The highest BCUT2D eigenvalue weighted by molar-refractivity contribution is 5.76. The molecule has 0 aromatic heterocycles. The monoisotopic (exact) mass is 243 g/mol. The Labute approximate surface area is 93.8 Å². The van der Waals surface area contributed by atoms with Crippen molar-refractivity contribution in [3.8, 4) is 0 Å². The van der Waals surface area contributed by atoms with Gasteiger partial charge in [-0.05, 0) is 12.5 Å². The van der Waals surface area contributed by atoms with Crippen molar-refractivity contribution in [1.29, 1.82) is 0 Å². The minimum Gasteiger partial charge on any atom is -0.481 e. The van der Waals surface area contributed by atoms with Crippen LogP contribution in [0.25, 0.3) is 0 Å². The largest absolute Gasteiger partial charge is 0.481 e. The van der Waals surface area contributed by atoms with Crippen LogP contribution >= 0.6 is 0 Å². The van der Waals surface area contributed by atoms with E-state index in [9.17, 15) is 23.7 Å². The second-order valence-electron chi connectivity index (χ2n) is 3.87. The molecular weight excluding hydrogens is 236 g/mol. The van der Waals surface area contributed by atoms with Crippen molar-refractivity contribution in [3.63, 3.8) is 0 Å². The van der Waals surface area contributed by atoms with E-state index in [-0.39, 0.29) is 12.0 Å². The van der Waals surface area contributed by atoms with Crippen molar-refractivity contribution in [2.75, 3.05) is 0 Å². The number of nitrogens with zero attached hydrogens (tertiary/aromatic N) is 1. The van der Waals surface area contributed by atoms with Crippen LogP contribution in [-0.4, -0.2) is 16.0 Å². The zero-order chi connectivity index (χ0) is 12.7. The van der Waals surface area contributed by atoms with Crippen LogP contribution in [0.2, 0.25) is 0 Å². The number of benzene rings is 1. The molecule has 0 amide bonds. The maximum Gasteiger partial charge on any atom is 0.307 e. The summed E-state index contributed by atoms with van der Waals surface area (Å²) in [6.45, 7) is 0. The number of carboxylic acid groups (broad SMARTS) is 1. The Bertz CT molecular complexity index is 517. The predicted molar refractivity (Wildman–Crippen MR) is 51.5 cm³/mol. The summed E-state index contributed by atoms with van der Waals surface area (Å²) < 4.78 is 25.9. The molecule has 5 nitrogen and oxygen atoms in total. The molecule has 17 heavy (non-hydrogen) atoms. The Hall–Kier alpha value is -2.05. The molecule has 0 aliphatic heterocycles. The van der Waals surface area contributed by atoms with Crippen LogP contribution in [0, 0.1) is 27.7 Å². The van der Waals surface area contributed by atoms with E-state index < -0.39 is 40.1 Å². The molecule has 0 saturated heterocycles. The first-order valence-electron chi connectivity index (χ1n) is 4.78. The molecule has 0 spiro atoms. The molecule has 2 rings (SSSR count). The average Bonchev–Trinajstić information content (AvgIpc) is 3.00. The van der Waals surface area contributed by atoms with Gasteiger partial charge in [0, 0.05) is 11.5 Å². The van der Waals surface area contributed by atoms with Gasteiger partial charge in [-0.3, -0.25) is 14.9 Å². The first kappa shape index (κ1) is 11.4. The number of carbonyl (C=O) groups is 1. The highest BCUT2D eigenvalue weighted by Gasteiger charge is 2.47. The molecule has 1 aliphatic carbocycles. The smallest absolute Gasteiger partial charge is 0.307 e. The zero-order valence-corrected chi connectivity index (χ0v) is 8.39. The molecule has 1 fully saturated rings. The Morgan fingerprint density at radius 1 is 1.41 bits per heavy atom. The van der Waals surface area contributed by atoms with Crippen molar-refractivity contribution < 1.29 is 23.6 Å². The van der Waals surface area contributed by atoms with Gasteiger partial charge in [-0.15, -0.1) is 0 Å². The van der Waals surface area contributed by atoms with Crippen molar-refractivity contribution in [2.24, 2.45) is 5.92 Å². The summed E-state index contributed by atoms with van der Waals surface area (Å²) in [5.74, 6) is -4.97. The molecule has 0 bridgehead atoms. The fraction of sp³-hybridized carbons (Fsp3) is 0.300. The first-order chi connectivity index (χ1) is 7.91. The average molecular weight is 243 g/mol. The molecular formula is C10H7F2NO4. The molecule has 2 atom stereocenters. The van der Waals surface area contributed by atoms with E-state index in [1.54, 1.807) is 0 Å². The van der Waals surface area contributed by atoms with E-state index in [2.05, 4.69) is 0 Å². The minimum absolute atomic E-state index is 0.0544. The molecule has 90 valence electrons. The van der Waals surface area contributed by atoms with Crippen molar-refractivity contribution in [2.45, 2.75) is 12.3 Å². The second kappa shape index (κ2) is 3.76.